The number of benzene rings is 4. The third kappa shape index (κ3) is 3.52. The maximum absolute atomic E-state index is 2.43. The highest BCUT2D eigenvalue weighted by atomic mass is 15.0. The molecule has 0 N–H and O–H groups in total. The zero-order valence-corrected chi connectivity index (χ0v) is 18.5. The van der Waals surface area contributed by atoms with Gasteiger partial charge in [-0.2, -0.15) is 4.57 Å². The predicted molar refractivity (Wildman–Crippen MR) is 134 cm³/mol. The second-order valence-electron chi connectivity index (χ2n) is 8.09. The van der Waals surface area contributed by atoms with Crippen molar-refractivity contribution in [1.29, 1.82) is 0 Å². The molecule has 0 saturated carbocycles. The molecule has 5 aromatic rings. The number of aromatic nitrogens is 1. The Hall–Kier alpha value is -3.97. The molecule has 0 saturated heterocycles. The van der Waals surface area contributed by atoms with Crippen LogP contribution in [-0.4, -0.2) is 0 Å². The van der Waals surface area contributed by atoms with Crippen LogP contribution in [0.4, 0.5) is 0 Å². The minimum atomic E-state index is 1.16. The van der Waals surface area contributed by atoms with Crippen molar-refractivity contribution < 1.29 is 4.57 Å². The van der Waals surface area contributed by atoms with Gasteiger partial charge in [0.25, 0.3) is 0 Å². The Balaban J connectivity index is 1.99. The number of pyridine rings is 1. The fourth-order valence-electron chi connectivity index (χ4n) is 4.72. The molecule has 0 bridgehead atoms. The third-order valence-corrected chi connectivity index (χ3v) is 6.08. The molecule has 1 heterocycles. The molecule has 32 heavy (non-hydrogen) atoms. The largest absolute Gasteiger partial charge is 0.222 e. The summed E-state index contributed by atoms with van der Waals surface area (Å²) in [6.07, 6.45) is 0. The molecular formula is C31H26N+. The molecule has 0 atom stereocenters. The van der Waals surface area contributed by atoms with Crippen LogP contribution in [0.3, 0.4) is 0 Å². The molecule has 1 heteroatoms. The lowest BCUT2D eigenvalue weighted by atomic mass is 9.89. The highest BCUT2D eigenvalue weighted by Crippen LogP contribution is 2.37. The van der Waals surface area contributed by atoms with E-state index in [2.05, 4.69) is 140 Å². The van der Waals surface area contributed by atoms with E-state index >= 15 is 0 Å². The topological polar surface area (TPSA) is 3.88 Å². The van der Waals surface area contributed by atoms with Gasteiger partial charge in [0.15, 0.2) is 0 Å². The molecule has 4 aromatic carbocycles. The Morgan fingerprint density at radius 1 is 0.406 bits per heavy atom. The van der Waals surface area contributed by atoms with Gasteiger partial charge < -0.3 is 0 Å². The quantitative estimate of drug-likeness (QED) is 0.268. The van der Waals surface area contributed by atoms with Crippen LogP contribution in [-0.2, 0) is 0 Å². The van der Waals surface area contributed by atoms with Gasteiger partial charge in [-0.15, -0.1) is 0 Å². The lowest BCUT2D eigenvalue weighted by Crippen LogP contribution is -2.38. The first-order chi connectivity index (χ1) is 15.8. The summed E-state index contributed by atoms with van der Waals surface area (Å²) in [5, 5.41) is 0. The van der Waals surface area contributed by atoms with E-state index in [0.717, 1.165) is 5.69 Å². The van der Waals surface area contributed by atoms with Gasteiger partial charge in [0, 0.05) is 39.9 Å². The highest BCUT2D eigenvalue weighted by molar-refractivity contribution is 5.82. The van der Waals surface area contributed by atoms with E-state index in [0.29, 0.717) is 0 Å². The predicted octanol–water partition coefficient (Wildman–Crippen LogP) is 7.58. The van der Waals surface area contributed by atoms with Crippen molar-refractivity contribution in [2.75, 3.05) is 0 Å². The monoisotopic (exact) mass is 412 g/mol. The van der Waals surface area contributed by atoms with Crippen molar-refractivity contribution in [3.63, 3.8) is 0 Å². The number of nitrogens with zero attached hydrogens (tertiary/aromatic N) is 1. The Bertz CT molecular complexity index is 1270. The van der Waals surface area contributed by atoms with Crippen molar-refractivity contribution >= 4 is 0 Å². The Kier molecular flexibility index (Phi) is 5.39. The molecule has 0 aliphatic heterocycles. The number of hydrogen-bond acceptors (Lipinski definition) is 0. The summed E-state index contributed by atoms with van der Waals surface area (Å²) < 4.78 is 2.43. The molecule has 0 fully saturated rings. The van der Waals surface area contributed by atoms with E-state index in [9.17, 15) is 0 Å². The van der Waals surface area contributed by atoms with E-state index in [-0.39, 0.29) is 0 Å². The number of hydrogen-bond donors (Lipinski definition) is 0. The van der Waals surface area contributed by atoms with E-state index in [4.69, 9.17) is 0 Å². The first kappa shape index (κ1) is 20.0. The molecule has 154 valence electrons. The minimum Gasteiger partial charge on any atom is -0.152 e. The van der Waals surface area contributed by atoms with Gasteiger partial charge in [0.2, 0.25) is 17.1 Å². The van der Waals surface area contributed by atoms with Crippen molar-refractivity contribution in [3.05, 3.63) is 132 Å². The van der Waals surface area contributed by atoms with Crippen LogP contribution in [0.5, 0.6) is 0 Å². The van der Waals surface area contributed by atoms with Crippen LogP contribution in [0, 0.1) is 13.8 Å². The van der Waals surface area contributed by atoms with Gasteiger partial charge in [-0.05, 0) is 43.7 Å². The lowest BCUT2D eigenvalue weighted by Gasteiger charge is -2.19. The zero-order chi connectivity index (χ0) is 21.9. The Labute approximate surface area is 190 Å². The first-order valence-corrected chi connectivity index (χ1v) is 11.1. The Morgan fingerprint density at radius 3 is 1.16 bits per heavy atom. The number of rotatable bonds is 4. The van der Waals surface area contributed by atoms with Crippen LogP contribution in [0.2, 0.25) is 0 Å². The zero-order valence-electron chi connectivity index (χ0n) is 18.5. The van der Waals surface area contributed by atoms with Gasteiger partial charge in [-0.3, -0.25) is 0 Å². The summed E-state index contributed by atoms with van der Waals surface area (Å²) in [4.78, 5) is 0. The SMILES string of the molecule is Cc1c(-c2ccccc2)c(C)c(-c2ccccc2)[n+](-c2ccccc2)c1-c1ccccc1. The summed E-state index contributed by atoms with van der Waals surface area (Å²) in [6.45, 7) is 4.51. The summed E-state index contributed by atoms with van der Waals surface area (Å²) in [5.74, 6) is 0. The van der Waals surface area contributed by atoms with Gasteiger partial charge in [-0.1, -0.05) is 84.9 Å². The van der Waals surface area contributed by atoms with Crippen molar-refractivity contribution in [1.82, 2.24) is 0 Å². The summed E-state index contributed by atoms with van der Waals surface area (Å²) in [7, 11) is 0. The fraction of sp³-hybridized carbons (Fsp3) is 0.0645. The van der Waals surface area contributed by atoms with Crippen LogP contribution in [0.25, 0.3) is 39.3 Å². The molecule has 5 rings (SSSR count). The third-order valence-electron chi connectivity index (χ3n) is 6.08. The van der Waals surface area contributed by atoms with E-state index in [1.54, 1.807) is 0 Å². The molecule has 1 aromatic heterocycles. The lowest BCUT2D eigenvalue weighted by molar-refractivity contribution is -0.572. The van der Waals surface area contributed by atoms with Crippen LogP contribution >= 0.6 is 0 Å². The molecular weight excluding hydrogens is 386 g/mol. The van der Waals surface area contributed by atoms with Gasteiger partial charge in [-0.25, -0.2) is 0 Å². The van der Waals surface area contributed by atoms with E-state index < -0.39 is 0 Å². The number of para-hydroxylation sites is 1. The fourth-order valence-corrected chi connectivity index (χ4v) is 4.72. The molecule has 0 spiro atoms. The van der Waals surface area contributed by atoms with Crippen molar-refractivity contribution in [2.24, 2.45) is 0 Å². The van der Waals surface area contributed by atoms with Gasteiger partial charge in [0.1, 0.15) is 0 Å². The van der Waals surface area contributed by atoms with E-state index in [1.165, 1.54) is 44.8 Å². The first-order valence-electron chi connectivity index (χ1n) is 11.1. The molecule has 0 unspecified atom stereocenters. The average Bonchev–Trinajstić information content (AvgIpc) is 2.86. The average molecular weight is 413 g/mol. The maximum Gasteiger partial charge on any atom is 0.222 e. The van der Waals surface area contributed by atoms with Crippen LogP contribution < -0.4 is 4.57 Å². The Morgan fingerprint density at radius 2 is 0.750 bits per heavy atom. The molecule has 1 nitrogen and oxygen atoms in total. The van der Waals surface area contributed by atoms with Gasteiger partial charge >= 0.3 is 0 Å². The molecule has 0 aliphatic rings. The van der Waals surface area contributed by atoms with Crippen molar-refractivity contribution in [3.8, 4) is 39.3 Å². The van der Waals surface area contributed by atoms with Crippen molar-refractivity contribution in [2.45, 2.75) is 13.8 Å². The van der Waals surface area contributed by atoms with Crippen LogP contribution in [0.15, 0.2) is 121 Å². The van der Waals surface area contributed by atoms with Gasteiger partial charge in [0.05, 0.1) is 0 Å². The second-order valence-corrected chi connectivity index (χ2v) is 8.09. The summed E-state index contributed by atoms with van der Waals surface area (Å²) in [6, 6.07) is 42.9. The minimum absolute atomic E-state index is 1.16. The summed E-state index contributed by atoms with van der Waals surface area (Å²) >= 11 is 0. The molecule has 0 radical (unpaired) electrons. The molecule has 0 amide bonds. The standard InChI is InChI=1S/C31H26N/c1-23-29(25-15-7-3-8-16-25)24(2)31(27-19-11-5-12-20-27)32(28-21-13-6-14-22-28)30(23)26-17-9-4-10-18-26/h3-22H,1-2H3/q+1. The highest BCUT2D eigenvalue weighted by Gasteiger charge is 2.30. The van der Waals surface area contributed by atoms with Crippen LogP contribution in [0.1, 0.15) is 11.1 Å². The maximum atomic E-state index is 2.43. The van der Waals surface area contributed by atoms with E-state index in [1.807, 2.05) is 0 Å². The summed E-state index contributed by atoms with van der Waals surface area (Å²) in [5.41, 5.74) is 11.1. The normalized spacial score (nSPS) is 10.8. The smallest absolute Gasteiger partial charge is 0.152 e. The second kappa shape index (κ2) is 8.64. The molecule has 0 aliphatic carbocycles.